The maximum absolute atomic E-state index is 13.1. The number of esters is 1. The van der Waals surface area contributed by atoms with E-state index in [9.17, 15) is 14.4 Å². The number of hydrogen-bond donors (Lipinski definition) is 0. The average Bonchev–Trinajstić information content (AvgIpc) is 2.93. The Balaban J connectivity index is 2.89. The van der Waals surface area contributed by atoms with Gasteiger partial charge in [-0.1, -0.05) is 33.1 Å². The molecular weight excluding hydrogens is 370 g/mol. The molecule has 0 radical (unpaired) electrons. The number of likely N-dealkylation sites (tertiary alicyclic amines) is 1. The molecule has 0 saturated carbocycles. The molecule has 1 heterocycles. The van der Waals surface area contributed by atoms with Gasteiger partial charge in [0.15, 0.2) is 5.78 Å². The highest BCUT2D eigenvalue weighted by atomic mass is 16.6. The minimum absolute atomic E-state index is 0.0763. The topological polar surface area (TPSA) is 72.9 Å². The molecule has 168 valence electrons. The first kappa shape index (κ1) is 25.4. The highest BCUT2D eigenvalue weighted by Gasteiger charge is 2.41. The zero-order valence-electron chi connectivity index (χ0n) is 19.7. The summed E-state index contributed by atoms with van der Waals surface area (Å²) in [5.41, 5.74) is -1.21. The van der Waals surface area contributed by atoms with Gasteiger partial charge < -0.3 is 9.47 Å². The highest BCUT2D eigenvalue weighted by Crippen LogP contribution is 2.29. The summed E-state index contributed by atoms with van der Waals surface area (Å²) in [6.07, 6.45) is 3.82. The van der Waals surface area contributed by atoms with Crippen molar-refractivity contribution in [1.82, 2.24) is 4.90 Å². The van der Waals surface area contributed by atoms with Gasteiger partial charge in [-0.2, -0.15) is 0 Å². The van der Waals surface area contributed by atoms with Crippen LogP contribution in [0, 0.1) is 11.8 Å². The van der Waals surface area contributed by atoms with E-state index in [0.717, 1.165) is 19.3 Å². The van der Waals surface area contributed by atoms with Gasteiger partial charge in [0.05, 0.1) is 12.0 Å². The standard InChI is InChI=1S/C23H41NO5/c1-9-10-11-12-17(20(26)28-22(3,4)5)14-19(25)18-13-16(2)15-24(18)21(27)29-23(6,7)8/h16-18H,9-15H2,1-8H3/t16-,17-,18+/m1/s1. The van der Waals surface area contributed by atoms with Crippen LogP contribution in [0.4, 0.5) is 4.79 Å². The third-order valence-corrected chi connectivity index (χ3v) is 4.85. The SMILES string of the molecule is CCCCC[C@H](CC(=O)[C@@H]1C[C@@H](C)CN1C(=O)OC(C)(C)C)C(=O)OC(C)(C)C. The second-order valence-electron chi connectivity index (χ2n) is 10.4. The molecule has 0 bridgehead atoms. The maximum atomic E-state index is 13.1. The second-order valence-corrected chi connectivity index (χ2v) is 10.4. The Morgan fingerprint density at radius 2 is 1.59 bits per heavy atom. The first-order chi connectivity index (χ1) is 13.2. The summed E-state index contributed by atoms with van der Waals surface area (Å²) >= 11 is 0. The molecule has 0 aromatic heterocycles. The van der Waals surface area contributed by atoms with E-state index < -0.39 is 29.3 Å². The average molecular weight is 412 g/mol. The minimum atomic E-state index is -0.615. The van der Waals surface area contributed by atoms with Crippen LogP contribution in [0.5, 0.6) is 0 Å². The molecule has 1 saturated heterocycles. The van der Waals surface area contributed by atoms with Gasteiger partial charge in [0.2, 0.25) is 0 Å². The van der Waals surface area contributed by atoms with Crippen molar-refractivity contribution in [3.8, 4) is 0 Å². The molecule has 29 heavy (non-hydrogen) atoms. The Kier molecular flexibility index (Phi) is 9.16. The van der Waals surface area contributed by atoms with Gasteiger partial charge in [-0.05, 0) is 60.3 Å². The summed E-state index contributed by atoms with van der Waals surface area (Å²) in [5, 5.41) is 0. The van der Waals surface area contributed by atoms with Gasteiger partial charge in [0.25, 0.3) is 0 Å². The summed E-state index contributed by atoms with van der Waals surface area (Å²) in [5.74, 6) is -0.648. The lowest BCUT2D eigenvalue weighted by molar-refractivity contribution is -0.161. The first-order valence-corrected chi connectivity index (χ1v) is 11.0. The van der Waals surface area contributed by atoms with Crippen molar-refractivity contribution in [2.45, 2.75) is 111 Å². The molecule has 0 N–H and O–H groups in total. The van der Waals surface area contributed by atoms with Crippen LogP contribution in [0.1, 0.15) is 93.9 Å². The lowest BCUT2D eigenvalue weighted by Gasteiger charge is -2.29. The fourth-order valence-corrected chi connectivity index (χ4v) is 3.58. The monoisotopic (exact) mass is 411 g/mol. The summed E-state index contributed by atoms with van der Waals surface area (Å²) in [6, 6.07) is -0.532. The number of amides is 1. The molecule has 1 aliphatic heterocycles. The van der Waals surface area contributed by atoms with Gasteiger partial charge in [-0.15, -0.1) is 0 Å². The Bertz CT molecular complexity index is 573. The fraction of sp³-hybridized carbons (Fsp3) is 0.870. The van der Waals surface area contributed by atoms with Crippen molar-refractivity contribution >= 4 is 17.8 Å². The van der Waals surface area contributed by atoms with Gasteiger partial charge in [0.1, 0.15) is 11.2 Å². The Morgan fingerprint density at radius 3 is 2.10 bits per heavy atom. The molecule has 1 aliphatic rings. The van der Waals surface area contributed by atoms with Crippen LogP contribution in [0.15, 0.2) is 0 Å². The summed E-state index contributed by atoms with van der Waals surface area (Å²) in [4.78, 5) is 40.0. The van der Waals surface area contributed by atoms with Crippen LogP contribution < -0.4 is 0 Å². The second kappa shape index (κ2) is 10.4. The van der Waals surface area contributed by atoms with E-state index in [-0.39, 0.29) is 24.1 Å². The molecule has 0 spiro atoms. The number of Topliss-reactive ketones (excluding diaryl/α,β-unsaturated/α-hetero) is 1. The Morgan fingerprint density at radius 1 is 1.00 bits per heavy atom. The molecule has 0 unspecified atom stereocenters. The molecule has 1 amide bonds. The van der Waals surface area contributed by atoms with Gasteiger partial charge >= 0.3 is 12.1 Å². The van der Waals surface area contributed by atoms with E-state index >= 15 is 0 Å². The smallest absolute Gasteiger partial charge is 0.410 e. The molecular formula is C23H41NO5. The van der Waals surface area contributed by atoms with Gasteiger partial charge in [0, 0.05) is 13.0 Å². The van der Waals surface area contributed by atoms with Crippen LogP contribution in [0.25, 0.3) is 0 Å². The minimum Gasteiger partial charge on any atom is -0.460 e. The predicted octanol–water partition coefficient (Wildman–Crippen LogP) is 5.13. The van der Waals surface area contributed by atoms with E-state index in [0.29, 0.717) is 19.4 Å². The lowest BCUT2D eigenvalue weighted by atomic mass is 9.91. The maximum Gasteiger partial charge on any atom is 0.410 e. The summed E-state index contributed by atoms with van der Waals surface area (Å²) in [6.45, 7) is 15.6. The highest BCUT2D eigenvalue weighted by molar-refractivity contribution is 5.91. The largest absolute Gasteiger partial charge is 0.460 e. The fourth-order valence-electron chi connectivity index (χ4n) is 3.58. The third kappa shape index (κ3) is 9.18. The number of rotatable bonds is 8. The lowest BCUT2D eigenvalue weighted by Crippen LogP contribution is -2.44. The van der Waals surface area contributed by atoms with Crippen molar-refractivity contribution in [1.29, 1.82) is 0 Å². The molecule has 1 rings (SSSR count). The molecule has 6 nitrogen and oxygen atoms in total. The Labute approximate surface area is 176 Å². The predicted molar refractivity (Wildman–Crippen MR) is 114 cm³/mol. The Hall–Kier alpha value is -1.59. The molecule has 3 atom stereocenters. The normalized spacial score (nSPS) is 21.0. The first-order valence-electron chi connectivity index (χ1n) is 11.0. The van der Waals surface area contributed by atoms with Crippen molar-refractivity contribution in [3.63, 3.8) is 0 Å². The number of ether oxygens (including phenoxy) is 2. The number of nitrogens with zero attached hydrogens (tertiary/aromatic N) is 1. The zero-order valence-corrected chi connectivity index (χ0v) is 19.7. The van der Waals surface area contributed by atoms with Gasteiger partial charge in [-0.3, -0.25) is 14.5 Å². The van der Waals surface area contributed by atoms with Crippen LogP contribution in [-0.4, -0.2) is 46.5 Å². The number of unbranched alkanes of at least 4 members (excludes halogenated alkanes) is 2. The zero-order chi connectivity index (χ0) is 22.4. The van der Waals surface area contributed by atoms with Crippen molar-refractivity contribution in [2.75, 3.05) is 6.54 Å². The van der Waals surface area contributed by atoms with Crippen LogP contribution in [0.3, 0.4) is 0 Å². The number of hydrogen-bond acceptors (Lipinski definition) is 5. The van der Waals surface area contributed by atoms with Crippen LogP contribution >= 0.6 is 0 Å². The summed E-state index contributed by atoms with van der Waals surface area (Å²) in [7, 11) is 0. The molecule has 6 heteroatoms. The number of ketones is 1. The van der Waals surface area contributed by atoms with E-state index in [2.05, 4.69) is 6.92 Å². The van der Waals surface area contributed by atoms with E-state index in [1.54, 1.807) is 0 Å². The quantitative estimate of drug-likeness (QED) is 0.409. The van der Waals surface area contributed by atoms with Crippen molar-refractivity contribution in [3.05, 3.63) is 0 Å². The summed E-state index contributed by atoms with van der Waals surface area (Å²) < 4.78 is 11.1. The molecule has 0 aromatic carbocycles. The third-order valence-electron chi connectivity index (χ3n) is 4.85. The van der Waals surface area contributed by atoms with E-state index in [4.69, 9.17) is 9.47 Å². The van der Waals surface area contributed by atoms with E-state index in [1.807, 2.05) is 48.5 Å². The number of carbonyl (C=O) groups is 3. The number of carbonyl (C=O) groups excluding carboxylic acids is 3. The van der Waals surface area contributed by atoms with Crippen LogP contribution in [0.2, 0.25) is 0 Å². The molecule has 0 aromatic rings. The van der Waals surface area contributed by atoms with Crippen molar-refractivity contribution < 1.29 is 23.9 Å². The van der Waals surface area contributed by atoms with Gasteiger partial charge in [-0.25, -0.2) is 4.79 Å². The molecule has 0 aliphatic carbocycles. The molecule has 1 fully saturated rings. The van der Waals surface area contributed by atoms with Crippen LogP contribution in [-0.2, 0) is 19.1 Å². The van der Waals surface area contributed by atoms with Crippen molar-refractivity contribution in [2.24, 2.45) is 11.8 Å². The van der Waals surface area contributed by atoms with E-state index in [1.165, 1.54) is 4.90 Å².